The standard InChI is InChI=1S/Fe.2Ni.2P.V. The molecule has 0 N–H and O–H groups in total. The minimum atomic E-state index is 0. The van der Waals surface area contributed by atoms with Crippen molar-refractivity contribution >= 4 is 14.7 Å². The van der Waals surface area contributed by atoms with E-state index in [0.717, 1.165) is 12.2 Å². The molecule has 0 unspecified atom stereocenters. The van der Waals surface area contributed by atoms with Crippen molar-refractivity contribution in [2.75, 3.05) is 0 Å². The smallest absolute Gasteiger partial charge is 0 e. The first kappa shape index (κ1) is 23.1. The first-order chi connectivity index (χ1) is 1.41. The van der Waals surface area contributed by atoms with E-state index >= 15 is 0 Å². The van der Waals surface area contributed by atoms with Crippen LogP contribution in [0.25, 0.3) is 0 Å². The third-order valence-electron chi connectivity index (χ3n) is 0. The van der Waals surface area contributed by atoms with Crippen molar-refractivity contribution in [2.45, 2.75) is 0 Å². The Morgan fingerprint density at radius 1 is 1.17 bits per heavy atom. The molecule has 0 saturated heterocycles. The van der Waals surface area contributed by atoms with Crippen LogP contribution in [0.15, 0.2) is 0 Å². The third kappa shape index (κ3) is 28.3. The Kier molecular flexibility index (Phi) is 94.7. The molecule has 0 atom stereocenters. The quantitative estimate of drug-likeness (QED) is 0.470. The topological polar surface area (TPSA) is 0 Å². The van der Waals surface area contributed by atoms with Gasteiger partial charge in [-0.1, -0.05) is 0 Å². The number of hydrogen-bond donors (Lipinski definition) is 0. The van der Waals surface area contributed by atoms with E-state index in [2.05, 4.69) is 14.7 Å². The molecule has 0 nitrogen and oxygen atoms in total. The van der Waals surface area contributed by atoms with Gasteiger partial charge in [0.1, 0.15) is 0 Å². The molecule has 0 aliphatic rings. The zero-order chi connectivity index (χ0) is 2.71. The van der Waals surface area contributed by atoms with E-state index in [9.17, 15) is 0 Å². The van der Waals surface area contributed by atoms with Crippen molar-refractivity contribution in [1.82, 2.24) is 0 Å². The van der Waals surface area contributed by atoms with E-state index in [0.29, 0.717) is 0 Å². The van der Waals surface area contributed by atoms with Crippen LogP contribution >= 0.6 is 14.7 Å². The predicted molar refractivity (Wildman–Crippen MR) is 13.8 cm³/mol. The van der Waals surface area contributed by atoms with Crippen molar-refractivity contribution in [2.24, 2.45) is 0 Å². The Labute approximate surface area is 78.2 Å². The van der Waals surface area contributed by atoms with Gasteiger partial charge in [-0.15, -0.1) is 0 Å². The summed E-state index contributed by atoms with van der Waals surface area (Å²) in [5, 5.41) is 0. The minimum absolute atomic E-state index is 0. The second-order valence-corrected chi connectivity index (χ2v) is 2.35. The molecule has 0 bridgehead atoms. The normalized spacial score (nSPS) is 2.33. The van der Waals surface area contributed by atoms with E-state index < -0.39 is 0 Å². The van der Waals surface area contributed by atoms with Gasteiger partial charge in [0, 0.05) is 52.1 Å². The molecule has 0 spiro atoms. The molecule has 0 aliphatic carbocycles. The largest absolute Gasteiger partial charge is 0 e. The van der Waals surface area contributed by atoms with Crippen molar-refractivity contribution in [3.05, 3.63) is 0 Å². The molecule has 0 saturated carbocycles. The van der Waals surface area contributed by atoms with Gasteiger partial charge in [0.25, 0.3) is 0 Å². The Morgan fingerprint density at radius 3 is 1.17 bits per heavy atom. The number of hydrogen-bond acceptors (Lipinski definition) is 0. The summed E-state index contributed by atoms with van der Waals surface area (Å²) in [5.41, 5.74) is 0. The van der Waals surface area contributed by atoms with E-state index in [1.807, 2.05) is 0 Å². The Morgan fingerprint density at radius 2 is 1.17 bits per heavy atom. The van der Waals surface area contributed by atoms with Gasteiger partial charge in [-0.2, -0.15) is 0 Å². The van der Waals surface area contributed by atoms with Gasteiger partial charge in [-0.3, -0.25) is 0 Å². The Balaban J connectivity index is -0.00000000667. The molecule has 0 aromatic rings. The summed E-state index contributed by atoms with van der Waals surface area (Å²) in [7, 11) is 7.18. The summed E-state index contributed by atoms with van der Waals surface area (Å²) in [6.07, 6.45) is 0. The zero-order valence-electron chi connectivity index (χ0n) is 2.33. The van der Waals surface area contributed by atoms with Crippen LogP contribution in [-0.2, 0) is 64.3 Å². The van der Waals surface area contributed by atoms with Gasteiger partial charge in [-0.25, -0.2) is 0 Å². The van der Waals surface area contributed by atoms with Crippen LogP contribution in [0.2, 0.25) is 0 Å². The summed E-state index contributed by atoms with van der Waals surface area (Å²) in [6.45, 7) is 0. The minimum Gasteiger partial charge on any atom is 0 e. The molecule has 43 valence electrons. The van der Waals surface area contributed by atoms with Crippen molar-refractivity contribution < 1.29 is 64.3 Å². The van der Waals surface area contributed by atoms with Crippen molar-refractivity contribution in [3.8, 4) is 0 Å². The van der Waals surface area contributed by atoms with Crippen LogP contribution in [0.5, 0.6) is 0 Å². The molecule has 0 aromatic heterocycles. The van der Waals surface area contributed by atoms with Crippen LogP contribution in [0.1, 0.15) is 0 Å². The predicted octanol–water partition coefficient (Wildman–Crippen LogP) is 1.71. The van der Waals surface area contributed by atoms with E-state index in [-0.39, 0.29) is 52.1 Å². The fraction of sp³-hybridized carbons (Fsp3) is 0. The molecule has 0 amide bonds. The molecule has 0 aromatic carbocycles. The molecule has 6 heteroatoms. The Bertz CT molecular complexity index is 84.7. The molecule has 0 heterocycles. The third-order valence-corrected chi connectivity index (χ3v) is 0. The number of rotatable bonds is 0. The molecule has 0 rings (SSSR count). The van der Waals surface area contributed by atoms with E-state index in [4.69, 9.17) is 0 Å². The van der Waals surface area contributed by atoms with Crippen molar-refractivity contribution in [1.29, 1.82) is 0 Å². The summed E-state index contributed by atoms with van der Waals surface area (Å²) in [6, 6.07) is 0. The Hall–Kier alpha value is 2.95. The molecule has 0 aliphatic heterocycles. The molecular weight excluding hydrogens is 286 g/mol. The van der Waals surface area contributed by atoms with Crippen LogP contribution in [0.4, 0.5) is 0 Å². The SMILES string of the molecule is [Fe].[Ni].[P]#[Ni]#[P].[V]. The summed E-state index contributed by atoms with van der Waals surface area (Å²) >= 11 is 1.01. The van der Waals surface area contributed by atoms with Crippen LogP contribution < -0.4 is 0 Å². The fourth-order valence-electron chi connectivity index (χ4n) is 0. The van der Waals surface area contributed by atoms with Crippen LogP contribution in [-0.4, -0.2) is 0 Å². The van der Waals surface area contributed by atoms with Crippen molar-refractivity contribution in [3.63, 3.8) is 0 Å². The van der Waals surface area contributed by atoms with Gasteiger partial charge in [-0.05, 0) is 0 Å². The molecular formula is FeNi2P2V. The summed E-state index contributed by atoms with van der Waals surface area (Å²) in [5.74, 6) is 0. The monoisotopic (exact) mass is 285 g/mol. The second-order valence-electron chi connectivity index (χ2n) is 0.0632. The first-order valence-corrected chi connectivity index (χ1v) is 3.50. The first-order valence-electron chi connectivity index (χ1n) is 0.283. The average Bonchev–Trinajstić information content (AvgIpc) is 0.918. The molecule has 0 fully saturated rings. The maximum absolute atomic E-state index is 3.59. The van der Waals surface area contributed by atoms with E-state index in [1.165, 1.54) is 0 Å². The molecule has 6 heavy (non-hydrogen) atoms. The van der Waals surface area contributed by atoms with Gasteiger partial charge < -0.3 is 0 Å². The van der Waals surface area contributed by atoms with Gasteiger partial charge in [0.2, 0.25) is 0 Å². The maximum atomic E-state index is 3.59. The van der Waals surface area contributed by atoms with Gasteiger partial charge in [0.15, 0.2) is 0 Å². The zero-order valence-corrected chi connectivity index (χ0v) is 8.59. The second kappa shape index (κ2) is 24.6. The van der Waals surface area contributed by atoms with Crippen LogP contribution in [0, 0.1) is 0 Å². The fourth-order valence-corrected chi connectivity index (χ4v) is 0. The summed E-state index contributed by atoms with van der Waals surface area (Å²) < 4.78 is 0. The van der Waals surface area contributed by atoms with Gasteiger partial charge in [0.05, 0.1) is 0 Å². The van der Waals surface area contributed by atoms with Crippen LogP contribution in [0.3, 0.4) is 0 Å². The maximum Gasteiger partial charge on any atom is 0 e. The average molecular weight is 286 g/mol. The summed E-state index contributed by atoms with van der Waals surface area (Å²) in [4.78, 5) is 0. The van der Waals surface area contributed by atoms with Gasteiger partial charge >= 0.3 is 26.9 Å². The van der Waals surface area contributed by atoms with E-state index in [1.54, 1.807) is 0 Å². The molecule has 1 radical (unpaired) electrons.